The second kappa shape index (κ2) is 15.3. The number of nitrogens with two attached hydrogens (primary N) is 1. The van der Waals surface area contributed by atoms with Crippen LogP contribution in [0.5, 0.6) is 0 Å². The van der Waals surface area contributed by atoms with E-state index >= 15 is 0 Å². The van der Waals surface area contributed by atoms with Crippen LogP contribution in [0.1, 0.15) is 24.5 Å². The van der Waals surface area contributed by atoms with Crippen LogP contribution in [0.2, 0.25) is 0 Å². The predicted octanol–water partition coefficient (Wildman–Crippen LogP) is 7.86. The second-order valence-electron chi connectivity index (χ2n) is 11.9. The van der Waals surface area contributed by atoms with E-state index < -0.39 is 5.97 Å². The van der Waals surface area contributed by atoms with E-state index in [0.717, 1.165) is 77.3 Å². The number of carbonyl (C=O) groups is 1. The Kier molecular flexibility index (Phi) is 10.3. The van der Waals surface area contributed by atoms with Gasteiger partial charge in [0.15, 0.2) is 0 Å². The maximum Gasteiger partial charge on any atom is 0.300 e. The number of H-pyrrole nitrogens is 1. The molecule has 0 spiro atoms. The van der Waals surface area contributed by atoms with E-state index in [1.54, 1.807) is 0 Å². The first-order valence-corrected chi connectivity index (χ1v) is 16.4. The number of rotatable bonds is 10. The average molecular weight is 650 g/mol. The van der Waals surface area contributed by atoms with Crippen molar-refractivity contribution in [3.8, 4) is 22.4 Å². The fourth-order valence-corrected chi connectivity index (χ4v) is 6.11. The SMILES string of the molecule is CC(=O)O.NCCCn1cc(-c2nc3c(-c4ccccc4)cccc3[nH]c2=O)c2cc(N(Cc3ccccc3)Cc3ccccc3)ccc21. The van der Waals surface area contributed by atoms with Crippen LogP contribution in [-0.4, -0.2) is 32.2 Å². The number of fused-ring (bicyclic) bond motifs is 2. The van der Waals surface area contributed by atoms with Crippen LogP contribution in [0.15, 0.2) is 138 Å². The molecule has 7 aromatic rings. The molecule has 0 radical (unpaired) electrons. The number of hydrogen-bond donors (Lipinski definition) is 3. The number of hydrogen-bond acceptors (Lipinski definition) is 5. The fraction of sp³-hybridized carbons (Fsp3) is 0.146. The van der Waals surface area contributed by atoms with Gasteiger partial charge in [-0.3, -0.25) is 9.59 Å². The third-order valence-electron chi connectivity index (χ3n) is 8.33. The van der Waals surface area contributed by atoms with Crippen LogP contribution in [0.25, 0.3) is 44.3 Å². The van der Waals surface area contributed by atoms with Crippen molar-refractivity contribution >= 4 is 33.6 Å². The van der Waals surface area contributed by atoms with E-state index in [9.17, 15) is 4.79 Å². The number of para-hydroxylation sites is 1. The Hall–Kier alpha value is -5.99. The Bertz CT molecular complexity index is 2180. The number of aliphatic carboxylic acids is 1. The van der Waals surface area contributed by atoms with Gasteiger partial charge < -0.3 is 25.3 Å². The summed E-state index contributed by atoms with van der Waals surface area (Å²) in [6.45, 7) is 3.93. The van der Waals surface area contributed by atoms with Crippen molar-refractivity contribution in [1.29, 1.82) is 0 Å². The fourth-order valence-electron chi connectivity index (χ4n) is 6.11. The second-order valence-corrected chi connectivity index (χ2v) is 11.9. The largest absolute Gasteiger partial charge is 0.481 e. The summed E-state index contributed by atoms with van der Waals surface area (Å²) >= 11 is 0. The summed E-state index contributed by atoms with van der Waals surface area (Å²) in [6, 6.07) is 43.7. The van der Waals surface area contributed by atoms with Gasteiger partial charge in [0, 0.05) is 60.5 Å². The molecule has 2 aromatic heterocycles. The maximum atomic E-state index is 13.7. The minimum absolute atomic E-state index is 0.207. The summed E-state index contributed by atoms with van der Waals surface area (Å²) in [5, 5.41) is 8.41. The number of anilines is 1. The average Bonchev–Trinajstić information content (AvgIpc) is 3.48. The van der Waals surface area contributed by atoms with Crippen molar-refractivity contribution < 1.29 is 9.90 Å². The number of aryl methyl sites for hydroxylation is 1. The maximum absolute atomic E-state index is 13.7. The smallest absolute Gasteiger partial charge is 0.300 e. The number of nitrogens with zero attached hydrogens (tertiary/aromatic N) is 3. The van der Waals surface area contributed by atoms with E-state index in [4.69, 9.17) is 20.6 Å². The van der Waals surface area contributed by atoms with Crippen molar-refractivity contribution in [2.75, 3.05) is 11.4 Å². The third kappa shape index (κ3) is 7.77. The van der Waals surface area contributed by atoms with Gasteiger partial charge in [0.25, 0.3) is 11.5 Å². The van der Waals surface area contributed by atoms with Gasteiger partial charge in [-0.1, -0.05) is 103 Å². The topological polar surface area (TPSA) is 117 Å². The lowest BCUT2D eigenvalue weighted by atomic mass is 10.0. The number of carboxylic acids is 1. The van der Waals surface area contributed by atoms with Gasteiger partial charge >= 0.3 is 0 Å². The zero-order valence-corrected chi connectivity index (χ0v) is 27.4. The van der Waals surface area contributed by atoms with E-state index in [0.29, 0.717) is 12.2 Å². The molecule has 0 atom stereocenters. The van der Waals surface area contributed by atoms with Gasteiger partial charge in [0.2, 0.25) is 0 Å². The highest BCUT2D eigenvalue weighted by atomic mass is 16.4. The van der Waals surface area contributed by atoms with Crippen LogP contribution in [-0.2, 0) is 24.4 Å². The number of aromatic nitrogens is 3. The lowest BCUT2D eigenvalue weighted by Crippen LogP contribution is -2.22. The first-order chi connectivity index (χ1) is 23.9. The van der Waals surface area contributed by atoms with Crippen LogP contribution < -0.4 is 16.2 Å². The first kappa shape index (κ1) is 32.9. The van der Waals surface area contributed by atoms with Gasteiger partial charge in [-0.05, 0) is 53.9 Å². The number of carboxylic acid groups (broad SMARTS) is 1. The van der Waals surface area contributed by atoms with Gasteiger partial charge in [-0.15, -0.1) is 0 Å². The Balaban J connectivity index is 0.000000989. The Morgan fingerprint density at radius 2 is 1.43 bits per heavy atom. The third-order valence-corrected chi connectivity index (χ3v) is 8.33. The molecular formula is C41H39N5O3. The molecule has 0 aliphatic rings. The van der Waals surface area contributed by atoms with E-state index in [2.05, 4.69) is 106 Å². The van der Waals surface area contributed by atoms with Gasteiger partial charge in [-0.25, -0.2) is 4.98 Å². The monoisotopic (exact) mass is 649 g/mol. The minimum Gasteiger partial charge on any atom is -0.481 e. The van der Waals surface area contributed by atoms with Crippen molar-refractivity contribution in [2.24, 2.45) is 5.73 Å². The molecule has 4 N–H and O–H groups in total. The molecule has 8 nitrogen and oxygen atoms in total. The normalized spacial score (nSPS) is 10.9. The molecule has 0 bridgehead atoms. The molecular weight excluding hydrogens is 610 g/mol. The van der Waals surface area contributed by atoms with E-state index in [1.807, 2.05) is 42.5 Å². The lowest BCUT2D eigenvalue weighted by molar-refractivity contribution is -0.134. The van der Waals surface area contributed by atoms with Crippen LogP contribution in [0.4, 0.5) is 5.69 Å². The molecule has 0 fully saturated rings. The molecule has 2 heterocycles. The molecule has 246 valence electrons. The summed E-state index contributed by atoms with van der Waals surface area (Å²) in [5.41, 5.74) is 15.1. The zero-order valence-electron chi connectivity index (χ0n) is 27.4. The molecule has 0 aliphatic carbocycles. The number of benzene rings is 5. The van der Waals surface area contributed by atoms with Crippen molar-refractivity contribution in [1.82, 2.24) is 14.5 Å². The van der Waals surface area contributed by atoms with Gasteiger partial charge in [-0.2, -0.15) is 0 Å². The Morgan fingerprint density at radius 1 is 0.816 bits per heavy atom. The summed E-state index contributed by atoms with van der Waals surface area (Å²) in [6.07, 6.45) is 2.90. The summed E-state index contributed by atoms with van der Waals surface area (Å²) < 4.78 is 2.20. The molecule has 5 aromatic carbocycles. The van der Waals surface area contributed by atoms with Gasteiger partial charge in [0.1, 0.15) is 5.69 Å². The van der Waals surface area contributed by atoms with E-state index in [-0.39, 0.29) is 5.56 Å². The molecule has 8 heteroatoms. The molecule has 7 rings (SSSR count). The molecule has 0 saturated carbocycles. The first-order valence-electron chi connectivity index (χ1n) is 16.4. The quantitative estimate of drug-likeness (QED) is 0.139. The number of aromatic amines is 1. The highest BCUT2D eigenvalue weighted by Gasteiger charge is 2.19. The highest BCUT2D eigenvalue weighted by Crippen LogP contribution is 2.34. The molecule has 0 aliphatic heterocycles. The molecule has 0 saturated heterocycles. The Morgan fingerprint density at radius 3 is 2.04 bits per heavy atom. The van der Waals surface area contributed by atoms with Crippen molar-refractivity contribution in [3.63, 3.8) is 0 Å². The van der Waals surface area contributed by atoms with Crippen LogP contribution in [0.3, 0.4) is 0 Å². The summed E-state index contributed by atoms with van der Waals surface area (Å²) in [5.74, 6) is -0.833. The predicted molar refractivity (Wildman–Crippen MR) is 198 cm³/mol. The van der Waals surface area contributed by atoms with E-state index in [1.165, 1.54) is 11.1 Å². The Labute approximate surface area is 285 Å². The zero-order chi connectivity index (χ0) is 34.2. The van der Waals surface area contributed by atoms with Crippen LogP contribution in [0, 0.1) is 0 Å². The number of nitrogens with one attached hydrogen (secondary N) is 1. The molecule has 0 unspecified atom stereocenters. The molecule has 49 heavy (non-hydrogen) atoms. The summed E-state index contributed by atoms with van der Waals surface area (Å²) in [7, 11) is 0. The van der Waals surface area contributed by atoms with Crippen molar-refractivity contribution in [2.45, 2.75) is 33.0 Å². The minimum atomic E-state index is -0.833. The highest BCUT2D eigenvalue weighted by molar-refractivity contribution is 5.99. The lowest BCUT2D eigenvalue weighted by Gasteiger charge is -2.26. The summed E-state index contributed by atoms with van der Waals surface area (Å²) in [4.78, 5) is 33.3. The van der Waals surface area contributed by atoms with Crippen LogP contribution >= 0.6 is 0 Å². The standard InChI is InChI=1S/C39H35N5O.C2H4O2/c40-22-11-23-43-27-34(38-39(45)41-35-19-10-18-32(37(35)42-38)30-16-8-3-9-17-30)33-24-31(20-21-36(33)43)44(25-28-12-4-1-5-13-28)26-29-14-6-2-7-15-29;1-2(3)4/h1-10,12-21,24,27H,11,22-23,25-26,40H2,(H,41,45);1H3,(H,3,4). The molecule has 0 amide bonds. The van der Waals surface area contributed by atoms with Crippen molar-refractivity contribution in [3.05, 3.63) is 155 Å². The van der Waals surface area contributed by atoms with Gasteiger partial charge in [0.05, 0.1) is 11.0 Å².